The molecule has 0 aliphatic carbocycles. The summed E-state index contributed by atoms with van der Waals surface area (Å²) in [6, 6.07) is 0. The summed E-state index contributed by atoms with van der Waals surface area (Å²) in [5.41, 5.74) is 0. The summed E-state index contributed by atoms with van der Waals surface area (Å²) in [6.07, 6.45) is -0.683. The van der Waals surface area contributed by atoms with Gasteiger partial charge >= 0.3 is 12.1 Å². The number of H-pyrrole nitrogens is 1. The Kier molecular flexibility index (Phi) is 4.25. The average Bonchev–Trinajstić information content (AvgIpc) is 2.67. The zero-order valence-electron chi connectivity index (χ0n) is 8.94. The van der Waals surface area contributed by atoms with Crippen molar-refractivity contribution >= 4 is 18.0 Å². The van der Waals surface area contributed by atoms with Gasteiger partial charge in [0.15, 0.2) is 0 Å². The van der Waals surface area contributed by atoms with Crippen molar-refractivity contribution in [2.24, 2.45) is 0 Å². The largest absolute Gasteiger partial charge is 0.460 e. The highest BCUT2D eigenvalue weighted by atomic mass is 16.5. The van der Waals surface area contributed by atoms with Gasteiger partial charge in [0.05, 0.1) is 13.2 Å². The molecule has 0 aliphatic rings. The maximum absolute atomic E-state index is 11.2. The van der Waals surface area contributed by atoms with Gasteiger partial charge in [0.2, 0.25) is 5.82 Å². The summed E-state index contributed by atoms with van der Waals surface area (Å²) in [5, 5.41) is 8.16. The molecule has 8 nitrogen and oxygen atoms in total. The summed E-state index contributed by atoms with van der Waals surface area (Å²) in [6.45, 7) is 3.81. The first kappa shape index (κ1) is 12.0. The number of nitrogens with zero attached hydrogens (tertiary/aromatic N) is 2. The van der Waals surface area contributed by atoms with E-state index in [9.17, 15) is 9.59 Å². The van der Waals surface area contributed by atoms with Gasteiger partial charge in [0.25, 0.3) is 5.95 Å². The Morgan fingerprint density at radius 2 is 2.00 bits per heavy atom. The van der Waals surface area contributed by atoms with Gasteiger partial charge in [-0.25, -0.2) is 9.59 Å². The minimum absolute atomic E-state index is 0.0403. The van der Waals surface area contributed by atoms with Crippen LogP contribution in [0.5, 0.6) is 0 Å². The van der Waals surface area contributed by atoms with Crippen LogP contribution in [0.2, 0.25) is 0 Å². The van der Waals surface area contributed by atoms with E-state index in [1.807, 2.05) is 0 Å². The lowest BCUT2D eigenvalue weighted by atomic mass is 10.6. The molecule has 0 unspecified atom stereocenters. The molecule has 1 amide bonds. The van der Waals surface area contributed by atoms with E-state index in [4.69, 9.17) is 0 Å². The van der Waals surface area contributed by atoms with E-state index in [1.165, 1.54) is 0 Å². The van der Waals surface area contributed by atoms with E-state index < -0.39 is 12.1 Å². The summed E-state index contributed by atoms with van der Waals surface area (Å²) in [4.78, 5) is 25.8. The Hall–Kier alpha value is -2.12. The minimum atomic E-state index is -0.683. The molecule has 88 valence electrons. The van der Waals surface area contributed by atoms with Crippen molar-refractivity contribution in [3.8, 4) is 0 Å². The van der Waals surface area contributed by atoms with E-state index in [-0.39, 0.29) is 25.0 Å². The van der Waals surface area contributed by atoms with Crippen LogP contribution in [0.1, 0.15) is 24.5 Å². The van der Waals surface area contributed by atoms with Crippen molar-refractivity contribution in [2.45, 2.75) is 13.8 Å². The molecule has 0 spiro atoms. The highest BCUT2D eigenvalue weighted by Gasteiger charge is 2.14. The molecule has 8 heteroatoms. The molecule has 1 rings (SSSR count). The Bertz CT molecular complexity index is 376. The second kappa shape index (κ2) is 5.69. The molecule has 0 saturated carbocycles. The molecule has 0 fully saturated rings. The molecule has 2 N–H and O–H groups in total. The van der Waals surface area contributed by atoms with Gasteiger partial charge < -0.3 is 9.47 Å². The van der Waals surface area contributed by atoms with Gasteiger partial charge in [0, 0.05) is 0 Å². The standard InChI is InChI=1S/C8H12N4O4/c1-3-15-6(13)5-9-7(12-11-5)10-8(14)16-4-2/h3-4H2,1-2H3,(H2,9,10,11,12,14). The average molecular weight is 228 g/mol. The number of hydrogen-bond acceptors (Lipinski definition) is 6. The highest BCUT2D eigenvalue weighted by molar-refractivity contribution is 5.87. The molecule has 1 aromatic heterocycles. The van der Waals surface area contributed by atoms with Crippen LogP contribution in [0.15, 0.2) is 0 Å². The van der Waals surface area contributed by atoms with E-state index >= 15 is 0 Å². The molecule has 0 radical (unpaired) electrons. The van der Waals surface area contributed by atoms with Crippen LogP contribution < -0.4 is 5.32 Å². The van der Waals surface area contributed by atoms with Gasteiger partial charge in [-0.05, 0) is 13.8 Å². The van der Waals surface area contributed by atoms with E-state index in [2.05, 4.69) is 30.0 Å². The minimum Gasteiger partial charge on any atom is -0.460 e. The zero-order chi connectivity index (χ0) is 12.0. The van der Waals surface area contributed by atoms with Crippen molar-refractivity contribution in [2.75, 3.05) is 18.5 Å². The Balaban J connectivity index is 2.57. The van der Waals surface area contributed by atoms with E-state index in [0.717, 1.165) is 0 Å². The number of hydrogen-bond donors (Lipinski definition) is 2. The molecule has 16 heavy (non-hydrogen) atoms. The summed E-state index contributed by atoms with van der Waals surface area (Å²) in [5.74, 6) is -0.748. The fourth-order valence-electron chi connectivity index (χ4n) is 0.867. The second-order valence-electron chi connectivity index (χ2n) is 2.57. The third-order valence-corrected chi connectivity index (χ3v) is 1.44. The van der Waals surface area contributed by atoms with Crippen molar-refractivity contribution < 1.29 is 19.1 Å². The molecule has 1 heterocycles. The Morgan fingerprint density at radius 3 is 2.62 bits per heavy atom. The number of anilines is 1. The smallest absolute Gasteiger partial charge is 0.414 e. The number of aromatic nitrogens is 3. The first-order chi connectivity index (χ1) is 7.67. The predicted octanol–water partition coefficient (Wildman–Crippen LogP) is 0.550. The Morgan fingerprint density at radius 1 is 1.31 bits per heavy atom. The van der Waals surface area contributed by atoms with Gasteiger partial charge in [-0.2, -0.15) is 4.98 Å². The number of amides is 1. The van der Waals surface area contributed by atoms with Crippen LogP contribution >= 0.6 is 0 Å². The topological polar surface area (TPSA) is 106 Å². The molecule has 0 aliphatic heterocycles. The molecule has 0 atom stereocenters. The van der Waals surface area contributed by atoms with Gasteiger partial charge in [-0.15, -0.1) is 5.10 Å². The van der Waals surface area contributed by atoms with E-state index in [1.54, 1.807) is 13.8 Å². The lowest BCUT2D eigenvalue weighted by Crippen LogP contribution is -2.14. The van der Waals surface area contributed by atoms with Gasteiger partial charge in [-0.1, -0.05) is 0 Å². The third-order valence-electron chi connectivity index (χ3n) is 1.44. The second-order valence-corrected chi connectivity index (χ2v) is 2.57. The quantitative estimate of drug-likeness (QED) is 0.729. The number of carbonyl (C=O) groups excluding carboxylic acids is 2. The Labute approximate surface area is 91.3 Å². The fourth-order valence-corrected chi connectivity index (χ4v) is 0.867. The molecule has 0 saturated heterocycles. The molecule has 0 bridgehead atoms. The van der Waals surface area contributed by atoms with Crippen LogP contribution in [0, 0.1) is 0 Å². The molecular weight excluding hydrogens is 216 g/mol. The molecule has 1 aromatic rings. The summed E-state index contributed by atoms with van der Waals surface area (Å²) >= 11 is 0. The van der Waals surface area contributed by atoms with Crippen LogP contribution in [0.25, 0.3) is 0 Å². The van der Waals surface area contributed by atoms with Crippen molar-refractivity contribution in [1.29, 1.82) is 0 Å². The van der Waals surface area contributed by atoms with Crippen LogP contribution in [0.4, 0.5) is 10.7 Å². The van der Waals surface area contributed by atoms with Crippen LogP contribution in [-0.2, 0) is 9.47 Å². The zero-order valence-corrected chi connectivity index (χ0v) is 8.94. The van der Waals surface area contributed by atoms with Gasteiger partial charge in [-0.3, -0.25) is 10.4 Å². The number of carbonyl (C=O) groups is 2. The SMILES string of the molecule is CCOC(=O)Nc1n[nH]c(C(=O)OCC)n1. The lowest BCUT2D eigenvalue weighted by Gasteiger charge is -1.99. The van der Waals surface area contributed by atoms with Crippen molar-refractivity contribution in [3.05, 3.63) is 5.82 Å². The number of ether oxygens (including phenoxy) is 2. The predicted molar refractivity (Wildman–Crippen MR) is 53.0 cm³/mol. The normalized spacial score (nSPS) is 9.62. The number of nitrogens with one attached hydrogen (secondary N) is 2. The first-order valence-electron chi connectivity index (χ1n) is 4.70. The monoisotopic (exact) mass is 228 g/mol. The fraction of sp³-hybridized carbons (Fsp3) is 0.500. The molecular formula is C8H12N4O4. The van der Waals surface area contributed by atoms with Gasteiger partial charge in [0.1, 0.15) is 0 Å². The van der Waals surface area contributed by atoms with Crippen molar-refractivity contribution in [3.63, 3.8) is 0 Å². The summed E-state index contributed by atoms with van der Waals surface area (Å²) < 4.78 is 9.28. The summed E-state index contributed by atoms with van der Waals surface area (Å²) in [7, 11) is 0. The third kappa shape index (κ3) is 3.23. The van der Waals surface area contributed by atoms with Crippen LogP contribution in [-0.4, -0.2) is 40.5 Å². The molecule has 0 aromatic carbocycles. The number of aromatic amines is 1. The highest BCUT2D eigenvalue weighted by Crippen LogP contribution is 2.00. The first-order valence-corrected chi connectivity index (χ1v) is 4.70. The lowest BCUT2D eigenvalue weighted by molar-refractivity contribution is 0.0512. The number of rotatable bonds is 4. The maximum atomic E-state index is 11.2. The maximum Gasteiger partial charge on any atom is 0.414 e. The van der Waals surface area contributed by atoms with E-state index in [0.29, 0.717) is 0 Å². The van der Waals surface area contributed by atoms with Crippen molar-refractivity contribution in [1.82, 2.24) is 15.2 Å². The number of esters is 1. The van der Waals surface area contributed by atoms with Crippen LogP contribution in [0.3, 0.4) is 0 Å².